The van der Waals surface area contributed by atoms with Gasteiger partial charge in [0.15, 0.2) is 17.3 Å². The Morgan fingerprint density at radius 2 is 1.79 bits per heavy atom. The molecule has 0 radical (unpaired) electrons. The molecule has 5 heteroatoms. The molecule has 2 rings (SSSR count). The molecule has 4 nitrogen and oxygen atoms in total. The van der Waals surface area contributed by atoms with Gasteiger partial charge in [-0.15, -0.1) is 12.4 Å². The average Bonchev–Trinajstić information content (AvgIpc) is 2.63. The fourth-order valence-corrected chi connectivity index (χ4v) is 2.49. The Hall–Kier alpha value is -1.26. The summed E-state index contributed by atoms with van der Waals surface area (Å²) >= 11 is 0. The molecule has 0 spiro atoms. The fraction of sp³-hybridized carbons (Fsp3) is 0.500. The maximum absolute atomic E-state index is 12.3. The van der Waals surface area contributed by atoms with Gasteiger partial charge in [-0.3, -0.25) is 4.79 Å². The fourth-order valence-electron chi connectivity index (χ4n) is 2.49. The first kappa shape index (κ1) is 15.8. The second-order valence-corrected chi connectivity index (χ2v) is 4.89. The molecule has 0 N–H and O–H groups in total. The first-order valence-corrected chi connectivity index (χ1v) is 6.00. The van der Waals surface area contributed by atoms with Crippen LogP contribution in [0.4, 0.5) is 0 Å². The number of rotatable bonds is 4. The van der Waals surface area contributed by atoms with Gasteiger partial charge in [0.05, 0.1) is 14.2 Å². The van der Waals surface area contributed by atoms with E-state index in [-0.39, 0.29) is 24.1 Å². The molecule has 1 aromatic carbocycles. The summed E-state index contributed by atoms with van der Waals surface area (Å²) in [6, 6.07) is 3.72. The highest BCUT2D eigenvalue weighted by Crippen LogP contribution is 2.36. The van der Waals surface area contributed by atoms with Crippen molar-refractivity contribution in [1.82, 2.24) is 4.90 Å². The maximum atomic E-state index is 12.3. The predicted molar refractivity (Wildman–Crippen MR) is 76.9 cm³/mol. The second-order valence-electron chi connectivity index (χ2n) is 4.89. The van der Waals surface area contributed by atoms with Crippen LogP contribution in [0.2, 0.25) is 0 Å². The Morgan fingerprint density at radius 1 is 1.21 bits per heavy atom. The van der Waals surface area contributed by atoms with E-state index in [9.17, 15) is 4.79 Å². The third-order valence-electron chi connectivity index (χ3n) is 3.30. The summed E-state index contributed by atoms with van der Waals surface area (Å²) in [6.07, 6.45) is 0.784. The molecule has 0 aromatic heterocycles. The zero-order valence-electron chi connectivity index (χ0n) is 11.7. The van der Waals surface area contributed by atoms with Crippen molar-refractivity contribution in [2.45, 2.75) is 6.42 Å². The Balaban J connectivity index is 0.00000180. The average molecular weight is 286 g/mol. The van der Waals surface area contributed by atoms with Crippen molar-refractivity contribution in [3.63, 3.8) is 0 Å². The van der Waals surface area contributed by atoms with E-state index >= 15 is 0 Å². The molecule has 0 heterocycles. The van der Waals surface area contributed by atoms with Crippen molar-refractivity contribution in [3.05, 3.63) is 23.3 Å². The highest BCUT2D eigenvalue weighted by molar-refractivity contribution is 6.03. The molecule has 106 valence electrons. The SMILES string of the molecule is COc1cc2c(cc1OC)C(=O)C(CN(C)C)C2.Cl. The van der Waals surface area contributed by atoms with Gasteiger partial charge in [-0.25, -0.2) is 0 Å². The summed E-state index contributed by atoms with van der Waals surface area (Å²) in [5.41, 5.74) is 1.84. The smallest absolute Gasteiger partial charge is 0.167 e. The van der Waals surface area contributed by atoms with Gasteiger partial charge in [0.1, 0.15) is 0 Å². The van der Waals surface area contributed by atoms with E-state index in [4.69, 9.17) is 9.47 Å². The number of fused-ring (bicyclic) bond motifs is 1. The number of ether oxygens (including phenoxy) is 2. The lowest BCUT2D eigenvalue weighted by molar-refractivity contribution is 0.0916. The monoisotopic (exact) mass is 285 g/mol. The third kappa shape index (κ3) is 3.01. The Bertz CT molecular complexity index is 474. The van der Waals surface area contributed by atoms with Gasteiger partial charge in [0.25, 0.3) is 0 Å². The van der Waals surface area contributed by atoms with Gasteiger partial charge in [-0.2, -0.15) is 0 Å². The second kappa shape index (κ2) is 6.26. The van der Waals surface area contributed by atoms with Gasteiger partial charge in [0, 0.05) is 18.0 Å². The summed E-state index contributed by atoms with van der Waals surface area (Å²) in [5.74, 6) is 1.57. The molecule has 0 aliphatic heterocycles. The molecular weight excluding hydrogens is 266 g/mol. The quantitative estimate of drug-likeness (QED) is 0.849. The van der Waals surface area contributed by atoms with Crippen molar-refractivity contribution >= 4 is 18.2 Å². The molecule has 19 heavy (non-hydrogen) atoms. The van der Waals surface area contributed by atoms with Crippen LogP contribution in [0.1, 0.15) is 15.9 Å². The van der Waals surface area contributed by atoms with E-state index in [2.05, 4.69) is 0 Å². The first-order chi connectivity index (χ1) is 8.56. The van der Waals surface area contributed by atoms with Crippen LogP contribution in [-0.4, -0.2) is 45.5 Å². The van der Waals surface area contributed by atoms with Crippen LogP contribution in [0.5, 0.6) is 11.5 Å². The molecule has 0 saturated carbocycles. The Morgan fingerprint density at radius 3 is 2.32 bits per heavy atom. The minimum Gasteiger partial charge on any atom is -0.493 e. The molecular formula is C14H20ClNO3. The number of hydrogen-bond donors (Lipinski definition) is 0. The summed E-state index contributed by atoms with van der Waals surface area (Å²) in [5, 5.41) is 0. The molecule has 1 unspecified atom stereocenters. The molecule has 1 aromatic rings. The largest absolute Gasteiger partial charge is 0.493 e. The minimum atomic E-state index is 0. The lowest BCUT2D eigenvalue weighted by atomic mass is 10.1. The Kier molecular flexibility index (Phi) is 5.20. The molecule has 0 fully saturated rings. The van der Waals surface area contributed by atoms with E-state index in [1.165, 1.54) is 0 Å². The number of Topliss-reactive ketones (excluding diaryl/α,β-unsaturated/α-hetero) is 1. The Labute approximate surface area is 120 Å². The summed E-state index contributed by atoms with van der Waals surface area (Å²) in [4.78, 5) is 14.3. The van der Waals surface area contributed by atoms with Crippen LogP contribution in [0.25, 0.3) is 0 Å². The number of carbonyl (C=O) groups is 1. The summed E-state index contributed by atoms with van der Waals surface area (Å²) in [6.45, 7) is 0.776. The van der Waals surface area contributed by atoms with Crippen LogP contribution in [0.15, 0.2) is 12.1 Å². The van der Waals surface area contributed by atoms with Gasteiger partial charge >= 0.3 is 0 Å². The highest BCUT2D eigenvalue weighted by Gasteiger charge is 2.32. The summed E-state index contributed by atoms with van der Waals surface area (Å²) < 4.78 is 10.5. The lowest BCUT2D eigenvalue weighted by Gasteiger charge is -2.13. The van der Waals surface area contributed by atoms with Gasteiger partial charge in [-0.05, 0) is 38.2 Å². The number of carbonyl (C=O) groups excluding carboxylic acids is 1. The van der Waals surface area contributed by atoms with Gasteiger partial charge < -0.3 is 14.4 Å². The number of halogens is 1. The number of methoxy groups -OCH3 is 2. The van der Waals surface area contributed by atoms with E-state index < -0.39 is 0 Å². The third-order valence-corrected chi connectivity index (χ3v) is 3.30. The molecule has 0 amide bonds. The number of benzene rings is 1. The standard InChI is InChI=1S/C14H19NO3.ClH/c1-15(2)8-10-5-9-6-12(17-3)13(18-4)7-11(9)14(10)16;/h6-7,10H,5,8H2,1-4H3;1H. The first-order valence-electron chi connectivity index (χ1n) is 6.00. The van der Waals surface area contributed by atoms with E-state index in [1.807, 2.05) is 25.1 Å². The number of ketones is 1. The number of hydrogen-bond acceptors (Lipinski definition) is 4. The topological polar surface area (TPSA) is 38.8 Å². The molecule has 1 atom stereocenters. The zero-order chi connectivity index (χ0) is 13.3. The summed E-state index contributed by atoms with van der Waals surface area (Å²) in [7, 11) is 7.16. The lowest BCUT2D eigenvalue weighted by Crippen LogP contribution is -2.25. The van der Waals surface area contributed by atoms with E-state index in [0.717, 1.165) is 24.1 Å². The molecule has 0 saturated heterocycles. The van der Waals surface area contributed by atoms with Crippen LogP contribution in [-0.2, 0) is 6.42 Å². The van der Waals surface area contributed by atoms with Crippen molar-refractivity contribution in [1.29, 1.82) is 0 Å². The minimum absolute atomic E-state index is 0. The predicted octanol–water partition coefficient (Wildman–Crippen LogP) is 2.04. The van der Waals surface area contributed by atoms with Crippen molar-refractivity contribution in [2.75, 3.05) is 34.9 Å². The van der Waals surface area contributed by atoms with Gasteiger partial charge in [0.2, 0.25) is 0 Å². The van der Waals surface area contributed by atoms with Crippen LogP contribution in [0, 0.1) is 5.92 Å². The van der Waals surface area contributed by atoms with E-state index in [1.54, 1.807) is 20.3 Å². The van der Waals surface area contributed by atoms with Crippen LogP contribution >= 0.6 is 12.4 Å². The zero-order valence-corrected chi connectivity index (χ0v) is 12.5. The molecule has 0 bridgehead atoms. The van der Waals surface area contributed by atoms with Gasteiger partial charge in [-0.1, -0.05) is 0 Å². The van der Waals surface area contributed by atoms with Crippen molar-refractivity contribution in [2.24, 2.45) is 5.92 Å². The van der Waals surface area contributed by atoms with Crippen molar-refractivity contribution in [3.8, 4) is 11.5 Å². The molecule has 1 aliphatic carbocycles. The van der Waals surface area contributed by atoms with Crippen LogP contribution < -0.4 is 9.47 Å². The number of nitrogens with zero attached hydrogens (tertiary/aromatic N) is 1. The molecule has 1 aliphatic rings. The highest BCUT2D eigenvalue weighted by atomic mass is 35.5. The van der Waals surface area contributed by atoms with Crippen LogP contribution in [0.3, 0.4) is 0 Å². The van der Waals surface area contributed by atoms with E-state index in [0.29, 0.717) is 11.5 Å². The normalized spacial score (nSPS) is 17.1. The maximum Gasteiger partial charge on any atom is 0.167 e. The van der Waals surface area contributed by atoms with Crippen molar-refractivity contribution < 1.29 is 14.3 Å².